The highest BCUT2D eigenvalue weighted by atomic mass is 19.1. The Labute approximate surface area is 150 Å². The first-order valence-corrected chi connectivity index (χ1v) is 8.00. The van der Waals surface area contributed by atoms with Crippen LogP contribution in [-0.2, 0) is 0 Å². The van der Waals surface area contributed by atoms with Crippen molar-refractivity contribution in [3.8, 4) is 5.75 Å². The lowest BCUT2D eigenvalue weighted by Gasteiger charge is -2.08. The molecular formula is C21H16FNO3. The van der Waals surface area contributed by atoms with E-state index in [9.17, 15) is 14.0 Å². The van der Waals surface area contributed by atoms with Gasteiger partial charge in [-0.25, -0.2) is 4.39 Å². The number of amides is 1. The van der Waals surface area contributed by atoms with Crippen LogP contribution in [0.4, 0.5) is 10.1 Å². The Morgan fingerprint density at radius 2 is 1.46 bits per heavy atom. The zero-order valence-corrected chi connectivity index (χ0v) is 13.8. The fourth-order valence-corrected chi connectivity index (χ4v) is 2.32. The molecule has 3 rings (SSSR count). The predicted octanol–water partition coefficient (Wildman–Crippen LogP) is 4.34. The number of carbonyl (C=O) groups is 2. The minimum absolute atomic E-state index is 0.0348. The number of rotatable bonds is 6. The number of hydrogen-bond donors (Lipinski definition) is 1. The summed E-state index contributed by atoms with van der Waals surface area (Å²) in [6.45, 7) is -0.267. The summed E-state index contributed by atoms with van der Waals surface area (Å²) in [5.41, 5.74) is 1.54. The quantitative estimate of drug-likeness (QED) is 0.674. The van der Waals surface area contributed by atoms with E-state index in [-0.39, 0.29) is 24.0 Å². The molecule has 3 aromatic carbocycles. The molecule has 0 aliphatic heterocycles. The van der Waals surface area contributed by atoms with E-state index in [2.05, 4.69) is 5.32 Å². The number of halogens is 1. The van der Waals surface area contributed by atoms with Gasteiger partial charge >= 0.3 is 0 Å². The number of nitrogens with one attached hydrogen (secondary N) is 1. The summed E-state index contributed by atoms with van der Waals surface area (Å²) in [6, 6.07) is 21.2. The van der Waals surface area contributed by atoms with Crippen LogP contribution < -0.4 is 10.1 Å². The van der Waals surface area contributed by atoms with Gasteiger partial charge < -0.3 is 10.1 Å². The molecule has 130 valence electrons. The molecule has 3 aromatic rings. The Bertz CT molecular complexity index is 908. The molecule has 0 aliphatic carbocycles. The Balaban J connectivity index is 1.59. The van der Waals surface area contributed by atoms with Crippen LogP contribution in [0.5, 0.6) is 5.75 Å². The van der Waals surface area contributed by atoms with Crippen molar-refractivity contribution in [2.75, 3.05) is 11.9 Å². The Kier molecular flexibility index (Phi) is 5.39. The third-order valence-corrected chi connectivity index (χ3v) is 3.70. The number of para-hydroxylation sites is 1. The van der Waals surface area contributed by atoms with Crippen molar-refractivity contribution < 1.29 is 18.7 Å². The number of ketones is 1. The molecule has 0 fully saturated rings. The van der Waals surface area contributed by atoms with E-state index in [1.807, 2.05) is 6.07 Å². The first-order chi connectivity index (χ1) is 12.6. The van der Waals surface area contributed by atoms with Crippen molar-refractivity contribution in [1.82, 2.24) is 0 Å². The van der Waals surface area contributed by atoms with Crippen LogP contribution in [0.15, 0.2) is 78.9 Å². The fourth-order valence-electron chi connectivity index (χ4n) is 2.32. The lowest BCUT2D eigenvalue weighted by Crippen LogP contribution is -2.13. The maximum atomic E-state index is 13.5. The van der Waals surface area contributed by atoms with Crippen molar-refractivity contribution in [1.29, 1.82) is 0 Å². The van der Waals surface area contributed by atoms with Gasteiger partial charge in [0.05, 0.1) is 0 Å². The summed E-state index contributed by atoms with van der Waals surface area (Å²) >= 11 is 0. The van der Waals surface area contributed by atoms with Crippen molar-refractivity contribution in [2.45, 2.75) is 0 Å². The second-order valence-electron chi connectivity index (χ2n) is 5.54. The molecule has 0 saturated carbocycles. The largest absolute Gasteiger partial charge is 0.482 e. The van der Waals surface area contributed by atoms with Gasteiger partial charge in [-0.15, -0.1) is 0 Å². The Morgan fingerprint density at radius 3 is 2.15 bits per heavy atom. The van der Waals surface area contributed by atoms with E-state index < -0.39 is 5.82 Å². The zero-order valence-electron chi connectivity index (χ0n) is 13.8. The molecule has 1 amide bonds. The first-order valence-electron chi connectivity index (χ1n) is 8.00. The highest BCUT2D eigenvalue weighted by Gasteiger charge is 2.10. The lowest BCUT2D eigenvalue weighted by atomic mass is 10.1. The highest BCUT2D eigenvalue weighted by Crippen LogP contribution is 2.16. The second kappa shape index (κ2) is 8.07. The average Bonchev–Trinajstić information content (AvgIpc) is 2.68. The number of Topliss-reactive ketones (excluding diaryl/α,β-unsaturated/α-hetero) is 1. The molecule has 1 N–H and O–H groups in total. The third-order valence-electron chi connectivity index (χ3n) is 3.70. The van der Waals surface area contributed by atoms with Gasteiger partial charge in [-0.1, -0.05) is 30.3 Å². The highest BCUT2D eigenvalue weighted by molar-refractivity contribution is 6.04. The van der Waals surface area contributed by atoms with Crippen molar-refractivity contribution in [3.63, 3.8) is 0 Å². The van der Waals surface area contributed by atoms with Gasteiger partial charge in [0.2, 0.25) is 0 Å². The number of benzene rings is 3. The summed E-state index contributed by atoms with van der Waals surface area (Å²) in [6.07, 6.45) is 0. The summed E-state index contributed by atoms with van der Waals surface area (Å²) in [5.74, 6) is -0.992. The molecule has 0 atom stereocenters. The molecular weight excluding hydrogens is 333 g/mol. The van der Waals surface area contributed by atoms with Crippen LogP contribution >= 0.6 is 0 Å². The SMILES string of the molecule is O=C(COc1ccccc1F)c1ccc(NC(=O)c2ccccc2)cc1. The van der Waals surface area contributed by atoms with E-state index in [0.29, 0.717) is 16.8 Å². The summed E-state index contributed by atoms with van der Waals surface area (Å²) < 4.78 is 18.7. The molecule has 0 radical (unpaired) electrons. The first kappa shape index (κ1) is 17.4. The van der Waals surface area contributed by atoms with Gasteiger partial charge in [0.15, 0.2) is 24.0 Å². The van der Waals surface area contributed by atoms with Crippen LogP contribution in [0.3, 0.4) is 0 Å². The number of ether oxygens (including phenoxy) is 1. The molecule has 0 bridgehead atoms. The van der Waals surface area contributed by atoms with E-state index in [4.69, 9.17) is 4.74 Å². The Morgan fingerprint density at radius 1 is 0.808 bits per heavy atom. The molecule has 0 spiro atoms. The molecule has 5 heteroatoms. The van der Waals surface area contributed by atoms with Gasteiger partial charge in [-0.3, -0.25) is 9.59 Å². The maximum Gasteiger partial charge on any atom is 0.255 e. The van der Waals surface area contributed by atoms with Gasteiger partial charge in [-0.2, -0.15) is 0 Å². The van der Waals surface area contributed by atoms with Crippen LogP contribution in [0.2, 0.25) is 0 Å². The van der Waals surface area contributed by atoms with Crippen molar-refractivity contribution >= 4 is 17.4 Å². The molecule has 0 aromatic heterocycles. The van der Waals surface area contributed by atoms with Gasteiger partial charge in [0, 0.05) is 16.8 Å². The Hall–Kier alpha value is -3.47. The van der Waals surface area contributed by atoms with E-state index in [1.54, 1.807) is 60.7 Å². The van der Waals surface area contributed by atoms with Crippen LogP contribution in [-0.4, -0.2) is 18.3 Å². The minimum Gasteiger partial charge on any atom is -0.482 e. The van der Waals surface area contributed by atoms with E-state index in [0.717, 1.165) is 0 Å². The van der Waals surface area contributed by atoms with E-state index >= 15 is 0 Å². The smallest absolute Gasteiger partial charge is 0.255 e. The molecule has 0 unspecified atom stereocenters. The summed E-state index contributed by atoms with van der Waals surface area (Å²) in [7, 11) is 0. The summed E-state index contributed by atoms with van der Waals surface area (Å²) in [4.78, 5) is 24.2. The molecule has 26 heavy (non-hydrogen) atoms. The minimum atomic E-state index is -0.515. The topological polar surface area (TPSA) is 55.4 Å². The monoisotopic (exact) mass is 349 g/mol. The third kappa shape index (κ3) is 4.33. The van der Waals surface area contributed by atoms with Crippen molar-refractivity contribution in [2.24, 2.45) is 0 Å². The lowest BCUT2D eigenvalue weighted by molar-refractivity contribution is 0.0918. The van der Waals surface area contributed by atoms with E-state index in [1.165, 1.54) is 12.1 Å². The number of carbonyl (C=O) groups excluding carboxylic acids is 2. The van der Waals surface area contributed by atoms with Gasteiger partial charge in [0.1, 0.15) is 0 Å². The molecule has 0 heterocycles. The second-order valence-corrected chi connectivity index (χ2v) is 5.54. The average molecular weight is 349 g/mol. The molecule has 4 nitrogen and oxygen atoms in total. The normalized spacial score (nSPS) is 10.2. The van der Waals surface area contributed by atoms with Crippen molar-refractivity contribution in [3.05, 3.63) is 95.8 Å². The van der Waals surface area contributed by atoms with Crippen LogP contribution in [0.1, 0.15) is 20.7 Å². The zero-order chi connectivity index (χ0) is 18.4. The maximum absolute atomic E-state index is 13.5. The number of hydrogen-bond acceptors (Lipinski definition) is 3. The molecule has 0 aliphatic rings. The van der Waals surface area contributed by atoms with Crippen LogP contribution in [0.25, 0.3) is 0 Å². The van der Waals surface area contributed by atoms with Gasteiger partial charge in [0.25, 0.3) is 5.91 Å². The predicted molar refractivity (Wildman–Crippen MR) is 97.1 cm³/mol. The van der Waals surface area contributed by atoms with Gasteiger partial charge in [-0.05, 0) is 48.5 Å². The van der Waals surface area contributed by atoms with Crippen LogP contribution in [0, 0.1) is 5.82 Å². The summed E-state index contributed by atoms with van der Waals surface area (Å²) in [5, 5.41) is 2.76. The standard InChI is InChI=1S/C21H16FNO3/c22-18-8-4-5-9-20(18)26-14-19(24)15-10-12-17(13-11-15)23-21(25)16-6-2-1-3-7-16/h1-13H,14H2,(H,23,25). The molecule has 0 saturated heterocycles. The number of anilines is 1. The fraction of sp³-hybridized carbons (Fsp3) is 0.0476.